The zero-order valence-electron chi connectivity index (χ0n) is 14.9. The van der Waals surface area contributed by atoms with Gasteiger partial charge in [0.25, 0.3) is 0 Å². The summed E-state index contributed by atoms with van der Waals surface area (Å²) in [6.45, 7) is 8.34. The number of rotatable bonds is 4. The smallest absolute Gasteiger partial charge is 0.246 e. The lowest BCUT2D eigenvalue weighted by atomic mass is 10.1. The van der Waals surface area contributed by atoms with Gasteiger partial charge in [0.1, 0.15) is 0 Å². The van der Waals surface area contributed by atoms with E-state index < -0.39 is 0 Å². The number of aromatic nitrogens is 1. The predicted molar refractivity (Wildman–Crippen MR) is 101 cm³/mol. The highest BCUT2D eigenvalue weighted by atomic mass is 16.2. The van der Waals surface area contributed by atoms with E-state index in [9.17, 15) is 9.59 Å². The molecular weight excluding hydrogens is 328 g/mol. The Kier molecular flexibility index (Phi) is 4.51. The summed E-state index contributed by atoms with van der Waals surface area (Å²) in [6.07, 6.45) is 3.75. The minimum atomic E-state index is 0.00814. The van der Waals surface area contributed by atoms with Crippen LogP contribution in [-0.4, -0.2) is 76.8 Å². The second-order valence-corrected chi connectivity index (χ2v) is 7.05. The topological polar surface area (TPSA) is 59.7 Å². The molecule has 6 nitrogen and oxygen atoms in total. The van der Waals surface area contributed by atoms with Gasteiger partial charge in [-0.3, -0.25) is 14.5 Å². The van der Waals surface area contributed by atoms with Crippen molar-refractivity contribution in [3.63, 3.8) is 0 Å². The van der Waals surface area contributed by atoms with Gasteiger partial charge in [0.15, 0.2) is 0 Å². The third-order valence-electron chi connectivity index (χ3n) is 5.55. The van der Waals surface area contributed by atoms with Crippen LogP contribution in [0, 0.1) is 0 Å². The van der Waals surface area contributed by atoms with Crippen molar-refractivity contribution in [1.82, 2.24) is 19.7 Å². The molecule has 2 amide bonds. The highest BCUT2D eigenvalue weighted by Gasteiger charge is 2.35. The summed E-state index contributed by atoms with van der Waals surface area (Å²) in [4.78, 5) is 33.6. The Morgan fingerprint density at radius 3 is 2.58 bits per heavy atom. The molecule has 0 unspecified atom stereocenters. The van der Waals surface area contributed by atoms with Crippen molar-refractivity contribution >= 4 is 22.7 Å². The van der Waals surface area contributed by atoms with Gasteiger partial charge in [0.05, 0.1) is 6.42 Å². The molecule has 0 atom stereocenters. The van der Waals surface area contributed by atoms with E-state index in [4.69, 9.17) is 0 Å². The summed E-state index contributed by atoms with van der Waals surface area (Å²) >= 11 is 0. The minimum Gasteiger partial charge on any atom is -0.361 e. The molecule has 3 heterocycles. The van der Waals surface area contributed by atoms with Crippen molar-refractivity contribution < 1.29 is 9.59 Å². The number of hydrogen-bond donors (Lipinski definition) is 1. The number of amides is 2. The molecule has 4 rings (SSSR count). The molecule has 0 spiro atoms. The number of nitrogens with one attached hydrogen (secondary N) is 1. The maximum absolute atomic E-state index is 12.7. The van der Waals surface area contributed by atoms with Crippen LogP contribution in [0.1, 0.15) is 5.56 Å². The number of nitrogens with zero attached hydrogens (tertiary/aromatic N) is 3. The monoisotopic (exact) mass is 352 g/mol. The highest BCUT2D eigenvalue weighted by molar-refractivity contribution is 5.89. The van der Waals surface area contributed by atoms with E-state index in [-0.39, 0.29) is 11.8 Å². The molecule has 0 bridgehead atoms. The van der Waals surface area contributed by atoms with Gasteiger partial charge in [-0.05, 0) is 17.7 Å². The van der Waals surface area contributed by atoms with Crippen LogP contribution in [0.3, 0.4) is 0 Å². The molecule has 26 heavy (non-hydrogen) atoms. The van der Waals surface area contributed by atoms with Gasteiger partial charge in [-0.25, -0.2) is 0 Å². The number of likely N-dealkylation sites (tertiary alicyclic amines) is 1. The molecule has 6 heteroatoms. The lowest BCUT2D eigenvalue weighted by Crippen LogP contribution is -2.64. The van der Waals surface area contributed by atoms with Crippen LogP contribution < -0.4 is 0 Å². The van der Waals surface area contributed by atoms with Gasteiger partial charge in [0.2, 0.25) is 11.8 Å². The summed E-state index contributed by atoms with van der Waals surface area (Å²) in [5.74, 6) is 0.195. The SMILES string of the molecule is C=CC(=O)N1CC(N2CCN(C(=O)Cc3c[nH]c4ccccc34)CC2)C1. The second kappa shape index (κ2) is 6.96. The summed E-state index contributed by atoms with van der Waals surface area (Å²) in [6, 6.07) is 8.50. The Bertz CT molecular complexity index is 829. The summed E-state index contributed by atoms with van der Waals surface area (Å²) in [5.41, 5.74) is 2.13. The van der Waals surface area contributed by atoms with E-state index in [1.54, 1.807) is 0 Å². The Balaban J connectivity index is 1.29. The van der Waals surface area contributed by atoms with Crippen LogP contribution in [-0.2, 0) is 16.0 Å². The molecule has 2 aliphatic rings. The standard InChI is InChI=1S/C20H24N4O2/c1-2-19(25)24-13-16(14-24)22-7-9-23(10-8-22)20(26)11-15-12-21-18-6-4-3-5-17(15)18/h2-6,12,16,21H,1,7-11,13-14H2. The zero-order valence-corrected chi connectivity index (χ0v) is 14.9. The quantitative estimate of drug-likeness (QED) is 0.843. The fraction of sp³-hybridized carbons (Fsp3) is 0.400. The lowest BCUT2D eigenvalue weighted by Gasteiger charge is -2.47. The van der Waals surface area contributed by atoms with E-state index in [0.29, 0.717) is 12.5 Å². The fourth-order valence-corrected chi connectivity index (χ4v) is 3.88. The van der Waals surface area contributed by atoms with Gasteiger partial charge in [0, 0.05) is 62.4 Å². The van der Waals surface area contributed by atoms with E-state index in [0.717, 1.165) is 55.7 Å². The van der Waals surface area contributed by atoms with Gasteiger partial charge < -0.3 is 14.8 Å². The van der Waals surface area contributed by atoms with Gasteiger partial charge in [-0.2, -0.15) is 0 Å². The maximum Gasteiger partial charge on any atom is 0.246 e. The highest BCUT2D eigenvalue weighted by Crippen LogP contribution is 2.20. The summed E-state index contributed by atoms with van der Waals surface area (Å²) in [7, 11) is 0. The molecule has 2 aromatic rings. The fourth-order valence-electron chi connectivity index (χ4n) is 3.88. The van der Waals surface area contributed by atoms with Gasteiger partial charge >= 0.3 is 0 Å². The van der Waals surface area contributed by atoms with Crippen molar-refractivity contribution in [2.45, 2.75) is 12.5 Å². The Hall–Kier alpha value is -2.60. The van der Waals surface area contributed by atoms with Crippen LogP contribution in [0.2, 0.25) is 0 Å². The van der Waals surface area contributed by atoms with Crippen molar-refractivity contribution in [3.8, 4) is 0 Å². The molecule has 1 aromatic heterocycles. The minimum absolute atomic E-state index is 0.00814. The Morgan fingerprint density at radius 2 is 1.85 bits per heavy atom. The van der Waals surface area contributed by atoms with Gasteiger partial charge in [-0.1, -0.05) is 24.8 Å². The maximum atomic E-state index is 12.7. The number of fused-ring (bicyclic) bond motifs is 1. The average Bonchev–Trinajstić information content (AvgIpc) is 3.04. The van der Waals surface area contributed by atoms with E-state index >= 15 is 0 Å². The first-order valence-electron chi connectivity index (χ1n) is 9.14. The first kappa shape index (κ1) is 16.8. The molecule has 1 aromatic carbocycles. The molecule has 1 N–H and O–H groups in total. The molecule has 0 radical (unpaired) electrons. The van der Waals surface area contributed by atoms with E-state index in [1.807, 2.05) is 34.2 Å². The normalized spacial score (nSPS) is 18.8. The zero-order chi connectivity index (χ0) is 18.1. The second-order valence-electron chi connectivity index (χ2n) is 7.05. The van der Waals surface area contributed by atoms with Crippen LogP contribution >= 0.6 is 0 Å². The third-order valence-corrected chi connectivity index (χ3v) is 5.55. The van der Waals surface area contributed by atoms with Crippen molar-refractivity contribution in [3.05, 3.63) is 48.7 Å². The number of benzene rings is 1. The van der Waals surface area contributed by atoms with Crippen LogP contribution in [0.15, 0.2) is 43.1 Å². The number of carbonyl (C=O) groups is 2. The summed E-state index contributed by atoms with van der Waals surface area (Å²) < 4.78 is 0. The lowest BCUT2D eigenvalue weighted by molar-refractivity contribution is -0.136. The Labute approximate surface area is 153 Å². The molecule has 0 saturated carbocycles. The molecular formula is C20H24N4O2. The predicted octanol–water partition coefficient (Wildman–Crippen LogP) is 1.25. The first-order chi connectivity index (χ1) is 12.7. The Morgan fingerprint density at radius 1 is 1.12 bits per heavy atom. The molecule has 2 fully saturated rings. The number of carbonyl (C=O) groups excluding carboxylic acids is 2. The molecule has 2 aliphatic heterocycles. The third kappa shape index (κ3) is 3.12. The van der Waals surface area contributed by atoms with Crippen LogP contribution in [0.4, 0.5) is 0 Å². The molecule has 0 aliphatic carbocycles. The molecule has 136 valence electrons. The van der Waals surface area contributed by atoms with Crippen LogP contribution in [0.25, 0.3) is 10.9 Å². The van der Waals surface area contributed by atoms with Crippen molar-refractivity contribution in [1.29, 1.82) is 0 Å². The van der Waals surface area contributed by atoms with E-state index in [2.05, 4.69) is 22.5 Å². The van der Waals surface area contributed by atoms with Crippen molar-refractivity contribution in [2.24, 2.45) is 0 Å². The number of piperazine rings is 1. The number of hydrogen-bond acceptors (Lipinski definition) is 3. The number of H-pyrrole nitrogens is 1. The van der Waals surface area contributed by atoms with E-state index in [1.165, 1.54) is 6.08 Å². The first-order valence-corrected chi connectivity index (χ1v) is 9.14. The number of aromatic amines is 1. The summed E-state index contributed by atoms with van der Waals surface area (Å²) in [5, 5.41) is 1.13. The van der Waals surface area contributed by atoms with Crippen LogP contribution in [0.5, 0.6) is 0 Å². The average molecular weight is 352 g/mol. The van der Waals surface area contributed by atoms with Crippen molar-refractivity contribution in [2.75, 3.05) is 39.3 Å². The number of para-hydroxylation sites is 1. The van der Waals surface area contributed by atoms with Gasteiger partial charge in [-0.15, -0.1) is 0 Å². The largest absolute Gasteiger partial charge is 0.361 e. The molecule has 2 saturated heterocycles.